The van der Waals surface area contributed by atoms with Crippen molar-refractivity contribution in [2.24, 2.45) is 11.0 Å². The highest BCUT2D eigenvalue weighted by molar-refractivity contribution is 5.87. The van der Waals surface area contributed by atoms with Crippen LogP contribution in [-0.4, -0.2) is 31.3 Å². The summed E-state index contributed by atoms with van der Waals surface area (Å²) >= 11 is 0. The Morgan fingerprint density at radius 2 is 2.48 bits per heavy atom. The molecule has 1 aliphatic carbocycles. The average Bonchev–Trinajstić information content (AvgIpc) is 2.92. The van der Waals surface area contributed by atoms with Gasteiger partial charge in [-0.3, -0.25) is 4.79 Å². The van der Waals surface area contributed by atoms with Crippen molar-refractivity contribution in [3.63, 3.8) is 0 Å². The van der Waals surface area contributed by atoms with Gasteiger partial charge in [0.1, 0.15) is 0 Å². The third kappa shape index (κ3) is 4.62. The van der Waals surface area contributed by atoms with Crippen LogP contribution in [0.3, 0.4) is 0 Å². The number of hydrazone groups is 1. The lowest BCUT2D eigenvalue weighted by atomic mass is 9.89. The molecule has 9 heteroatoms. The van der Waals surface area contributed by atoms with Gasteiger partial charge < -0.3 is 10.1 Å². The Balaban J connectivity index is 1.76. The maximum atomic E-state index is 11.7. The summed E-state index contributed by atoms with van der Waals surface area (Å²) in [5.74, 6) is -0.0872. The van der Waals surface area contributed by atoms with Gasteiger partial charge >= 0.3 is 5.95 Å². The molecule has 114 valence electrons. The van der Waals surface area contributed by atoms with Gasteiger partial charge in [-0.1, -0.05) is 11.9 Å². The fraction of sp³-hybridized carbons (Fsp3) is 0.667. The number of carbonyl (C=O) groups is 1. The molecule has 1 aliphatic rings. The maximum Gasteiger partial charge on any atom is 0.490 e. The molecule has 1 amide bonds. The first-order chi connectivity index (χ1) is 10.0. The lowest BCUT2D eigenvalue weighted by Crippen LogP contribution is -2.23. The molecule has 1 aromatic heterocycles. The molecule has 0 bridgehead atoms. The summed E-state index contributed by atoms with van der Waals surface area (Å²) in [6.07, 6.45) is 5.55. The molecular weight excluding hydrogens is 276 g/mol. The van der Waals surface area contributed by atoms with Crippen molar-refractivity contribution in [1.29, 1.82) is 0 Å². The van der Waals surface area contributed by atoms with Gasteiger partial charge in [-0.15, -0.1) is 0 Å². The number of nitrogens with zero attached hydrogens (tertiary/aromatic N) is 5. The van der Waals surface area contributed by atoms with E-state index in [0.29, 0.717) is 5.92 Å². The number of aryl methyl sites for hydroxylation is 1. The standard InChI is InChI=1S/C12H18N6O3/c1-9-3-2-4-10(7-9)14-15-11(19)5-6-17-8-13-12(16-17)18(20)21/h8-9H,2-7H2,1H3,(H,15,19). The molecule has 0 aliphatic heterocycles. The van der Waals surface area contributed by atoms with E-state index >= 15 is 0 Å². The summed E-state index contributed by atoms with van der Waals surface area (Å²) in [5.41, 5.74) is 3.55. The lowest BCUT2D eigenvalue weighted by Gasteiger charge is -2.18. The third-order valence-corrected chi connectivity index (χ3v) is 3.34. The molecule has 2 rings (SSSR count). The van der Waals surface area contributed by atoms with Crippen LogP contribution in [0.4, 0.5) is 5.95 Å². The second kappa shape index (κ2) is 6.91. The molecule has 9 nitrogen and oxygen atoms in total. The summed E-state index contributed by atoms with van der Waals surface area (Å²) in [5, 5.41) is 18.2. The third-order valence-electron chi connectivity index (χ3n) is 3.34. The molecule has 0 aromatic carbocycles. The summed E-state index contributed by atoms with van der Waals surface area (Å²) in [7, 11) is 0. The molecule has 1 unspecified atom stereocenters. The van der Waals surface area contributed by atoms with Crippen LogP contribution in [0.25, 0.3) is 0 Å². The number of carbonyl (C=O) groups excluding carboxylic acids is 1. The monoisotopic (exact) mass is 294 g/mol. The van der Waals surface area contributed by atoms with Crippen molar-refractivity contribution in [2.75, 3.05) is 0 Å². The zero-order chi connectivity index (χ0) is 15.2. The molecule has 21 heavy (non-hydrogen) atoms. The van der Waals surface area contributed by atoms with Crippen LogP contribution >= 0.6 is 0 Å². The number of nitro groups is 1. The van der Waals surface area contributed by atoms with E-state index in [9.17, 15) is 14.9 Å². The Kier molecular flexibility index (Phi) is 4.96. The lowest BCUT2D eigenvalue weighted by molar-refractivity contribution is -0.394. The number of nitrogens with one attached hydrogen (secondary N) is 1. The zero-order valence-electron chi connectivity index (χ0n) is 11.9. The van der Waals surface area contributed by atoms with Crippen molar-refractivity contribution in [2.45, 2.75) is 45.6 Å². The SMILES string of the molecule is CC1CCCC(=NNC(=O)CCn2cnc([N+](=O)[O-])n2)C1. The molecular formula is C12H18N6O3. The van der Waals surface area contributed by atoms with E-state index in [1.807, 2.05) is 0 Å². The number of aromatic nitrogens is 3. The second-order valence-electron chi connectivity index (χ2n) is 5.23. The van der Waals surface area contributed by atoms with Crippen molar-refractivity contribution in [1.82, 2.24) is 20.2 Å². The van der Waals surface area contributed by atoms with Crippen molar-refractivity contribution in [3.8, 4) is 0 Å². The second-order valence-corrected chi connectivity index (χ2v) is 5.23. The quantitative estimate of drug-likeness (QED) is 0.648. The summed E-state index contributed by atoms with van der Waals surface area (Å²) < 4.78 is 1.27. The maximum absolute atomic E-state index is 11.7. The predicted octanol–water partition coefficient (Wildman–Crippen LogP) is 1.26. The Morgan fingerprint density at radius 3 is 3.14 bits per heavy atom. The first kappa shape index (κ1) is 15.1. The van der Waals surface area contributed by atoms with Crippen molar-refractivity contribution >= 4 is 17.6 Å². The highest BCUT2D eigenvalue weighted by atomic mass is 16.6. The van der Waals surface area contributed by atoms with Gasteiger partial charge in [-0.2, -0.15) is 9.78 Å². The predicted molar refractivity (Wildman–Crippen MR) is 74.5 cm³/mol. The number of hydrogen-bond acceptors (Lipinski definition) is 6. The average molecular weight is 294 g/mol. The molecule has 1 atom stereocenters. The van der Waals surface area contributed by atoms with Crippen LogP contribution < -0.4 is 5.43 Å². The van der Waals surface area contributed by atoms with Gasteiger partial charge in [0.05, 0.1) is 6.54 Å². The van der Waals surface area contributed by atoms with Gasteiger partial charge in [0, 0.05) is 17.2 Å². The highest BCUT2D eigenvalue weighted by Crippen LogP contribution is 2.20. The first-order valence-electron chi connectivity index (χ1n) is 6.92. The molecule has 0 radical (unpaired) electrons. The van der Waals surface area contributed by atoms with Crippen LogP contribution in [0, 0.1) is 16.0 Å². The van der Waals surface area contributed by atoms with Crippen LogP contribution in [0.1, 0.15) is 39.0 Å². The van der Waals surface area contributed by atoms with Crippen LogP contribution in [-0.2, 0) is 11.3 Å². The molecule has 0 spiro atoms. The topological polar surface area (TPSA) is 115 Å². The Hall–Kier alpha value is -2.32. The van der Waals surface area contributed by atoms with E-state index < -0.39 is 10.9 Å². The van der Waals surface area contributed by atoms with Gasteiger partial charge in [-0.25, -0.2) is 5.43 Å². The minimum absolute atomic E-state index is 0.146. The van der Waals surface area contributed by atoms with Crippen LogP contribution in [0.5, 0.6) is 0 Å². The number of hydrogen-bond donors (Lipinski definition) is 1. The smallest absolute Gasteiger partial charge is 0.390 e. The minimum atomic E-state index is -0.674. The summed E-state index contributed by atoms with van der Waals surface area (Å²) in [6, 6.07) is 0. The van der Waals surface area contributed by atoms with Gasteiger partial charge in [0.25, 0.3) is 0 Å². The first-order valence-corrected chi connectivity index (χ1v) is 6.92. The van der Waals surface area contributed by atoms with Gasteiger partial charge in [0.2, 0.25) is 12.2 Å². The largest absolute Gasteiger partial charge is 0.490 e. The summed E-state index contributed by atoms with van der Waals surface area (Å²) in [4.78, 5) is 24.9. The minimum Gasteiger partial charge on any atom is -0.390 e. The number of rotatable bonds is 5. The fourth-order valence-electron chi connectivity index (χ4n) is 2.25. The molecule has 0 saturated heterocycles. The van der Waals surface area contributed by atoms with Crippen LogP contribution in [0.15, 0.2) is 11.4 Å². The van der Waals surface area contributed by atoms with E-state index in [-0.39, 0.29) is 18.9 Å². The zero-order valence-corrected chi connectivity index (χ0v) is 11.9. The van der Waals surface area contributed by atoms with Crippen molar-refractivity contribution < 1.29 is 9.72 Å². The summed E-state index contributed by atoms with van der Waals surface area (Å²) in [6.45, 7) is 2.40. The van der Waals surface area contributed by atoms with Crippen molar-refractivity contribution in [3.05, 3.63) is 16.4 Å². The van der Waals surface area contributed by atoms with Gasteiger partial charge in [0.15, 0.2) is 0 Å². The van der Waals surface area contributed by atoms with E-state index in [0.717, 1.165) is 25.0 Å². The molecule has 1 aromatic rings. The van der Waals surface area contributed by atoms with E-state index in [1.54, 1.807) is 0 Å². The highest BCUT2D eigenvalue weighted by Gasteiger charge is 2.15. The Labute approximate surface area is 121 Å². The molecule has 1 fully saturated rings. The normalized spacial score (nSPS) is 20.4. The van der Waals surface area contributed by atoms with Gasteiger partial charge in [-0.05, 0) is 36.5 Å². The Morgan fingerprint density at radius 1 is 1.67 bits per heavy atom. The van der Waals surface area contributed by atoms with E-state index in [1.165, 1.54) is 17.4 Å². The Bertz CT molecular complexity index is 553. The fourth-order valence-corrected chi connectivity index (χ4v) is 2.25. The van der Waals surface area contributed by atoms with E-state index in [4.69, 9.17) is 0 Å². The molecule has 1 saturated carbocycles. The molecule has 1 heterocycles. The van der Waals surface area contributed by atoms with E-state index in [2.05, 4.69) is 27.5 Å². The number of amides is 1. The molecule has 1 N–H and O–H groups in total. The van der Waals surface area contributed by atoms with Crippen LogP contribution in [0.2, 0.25) is 0 Å².